The van der Waals surface area contributed by atoms with Crippen molar-refractivity contribution in [3.8, 4) is 5.75 Å². The number of hydrogen-bond acceptors (Lipinski definition) is 27. The molecule has 52 nitrogen and oxygen atoms in total. The van der Waals surface area contributed by atoms with Crippen molar-refractivity contribution in [3.05, 3.63) is 84.1 Å². The summed E-state index contributed by atoms with van der Waals surface area (Å²) in [6.07, 6.45) is 0.777. The SMILES string of the molecule is CC[C@H](C)[C@H](NC(=O)[C@@H](NC(=O)[C@H](CC(N)=O)NC(=O)[C@H](CO)NC(=O)[C@H](Cc1c[nH]cn1)NC(=O)CNC(=O)[C@@H](NC(=O)[C@H](Cc1c[nH]c2ccccc12)NC(=O)C1CCC(=O)NCC(=O)NC(CO)C(=O)N[C@@H](CCC(N)=O)C(=O)N[C@@H](CC(C)C)C(=O)NC(C(C)C)C(=O)N[C@@H](Cc2ccc(O)cc2)C(=O)NC(CCCNC(=N)N)C(=O)N1)C(C)C)C(C)C)C(=O)N[C@@H](CCCCN)C(=O)N1CCC[C@H]1C(=O)O. The molecule has 2 aromatic heterocycles. The fraction of sp³-hybridized carbons (Fsp3) is 0.585. The first-order valence-corrected chi connectivity index (χ1v) is 48.6. The van der Waals surface area contributed by atoms with Crippen LogP contribution in [0.25, 0.3) is 10.9 Å². The lowest BCUT2D eigenvalue weighted by Crippen LogP contribution is -2.62. The van der Waals surface area contributed by atoms with Crippen molar-refractivity contribution >= 4 is 141 Å². The van der Waals surface area contributed by atoms with Gasteiger partial charge in [0.25, 0.3) is 0 Å². The number of aromatic nitrogens is 3. The van der Waals surface area contributed by atoms with E-state index in [1.54, 1.807) is 65.8 Å². The molecule has 33 N–H and O–H groups in total. The molecule has 0 spiro atoms. The van der Waals surface area contributed by atoms with Crippen LogP contribution in [-0.4, -0.2) is 313 Å². The monoisotopic (exact) mass is 2050 g/mol. The number of carbonyl (C=O) groups excluding carboxylic acids is 20. The Bertz CT molecular complexity index is 5210. The van der Waals surface area contributed by atoms with Crippen molar-refractivity contribution in [2.24, 2.45) is 52.5 Å². The third kappa shape index (κ3) is 38.6. The largest absolute Gasteiger partial charge is 0.508 e. The Labute approximate surface area is 842 Å². The summed E-state index contributed by atoms with van der Waals surface area (Å²) >= 11 is 0. The lowest BCUT2D eigenvalue weighted by molar-refractivity contribution is -0.149. The zero-order chi connectivity index (χ0) is 108. The van der Waals surface area contributed by atoms with Crippen LogP contribution in [-0.2, 0) is 120 Å². The zero-order valence-electron chi connectivity index (χ0n) is 83.5. The number of primary amides is 2. The van der Waals surface area contributed by atoms with Gasteiger partial charge in [-0.25, -0.2) is 9.78 Å². The lowest BCUT2D eigenvalue weighted by Gasteiger charge is -2.31. The van der Waals surface area contributed by atoms with Crippen LogP contribution in [0.15, 0.2) is 67.3 Å². The van der Waals surface area contributed by atoms with E-state index in [1.807, 2.05) is 0 Å². The number of unbranched alkanes of at least 4 members (excludes halogenated alkanes) is 1. The smallest absolute Gasteiger partial charge is 0.326 e. The molecular weight excluding hydrogens is 1910 g/mol. The summed E-state index contributed by atoms with van der Waals surface area (Å²) in [5, 5.41) is 94.7. The number of rotatable bonds is 48. The fourth-order valence-corrected chi connectivity index (χ4v) is 16.0. The van der Waals surface area contributed by atoms with E-state index in [2.05, 4.69) is 111 Å². The van der Waals surface area contributed by atoms with Gasteiger partial charge in [0, 0.05) is 68.5 Å². The van der Waals surface area contributed by atoms with Crippen molar-refractivity contribution in [1.82, 2.24) is 116 Å². The topological polar surface area (TPSA) is 832 Å². The van der Waals surface area contributed by atoms with Crippen LogP contribution in [0, 0.1) is 35.0 Å². The molecule has 20 amide bonds. The van der Waals surface area contributed by atoms with Gasteiger partial charge >= 0.3 is 5.97 Å². The third-order valence-corrected chi connectivity index (χ3v) is 24.4. The van der Waals surface area contributed by atoms with Crippen LogP contribution in [0.2, 0.25) is 0 Å². The normalized spacial score (nSPS) is 20.0. The quantitative estimate of drug-likeness (QED) is 0.0111. The molecule has 52 heteroatoms. The maximum atomic E-state index is 15.5. The summed E-state index contributed by atoms with van der Waals surface area (Å²) < 4.78 is 0. The number of guanidine groups is 1. The summed E-state index contributed by atoms with van der Waals surface area (Å²) in [6.45, 7) is 12.0. The molecule has 0 aliphatic carbocycles. The van der Waals surface area contributed by atoms with E-state index in [1.165, 1.54) is 75.6 Å². The predicted molar refractivity (Wildman–Crippen MR) is 525 cm³/mol. The van der Waals surface area contributed by atoms with Crippen LogP contribution in [0.5, 0.6) is 5.75 Å². The molecule has 4 unspecified atom stereocenters. The minimum Gasteiger partial charge on any atom is -0.508 e. The van der Waals surface area contributed by atoms with E-state index in [0.717, 1.165) is 0 Å². The van der Waals surface area contributed by atoms with Crippen molar-refractivity contribution in [2.75, 3.05) is 45.9 Å². The van der Waals surface area contributed by atoms with Crippen molar-refractivity contribution in [1.29, 1.82) is 5.41 Å². The molecule has 804 valence electrons. The number of carboxylic acid groups (broad SMARTS) is 1. The first-order chi connectivity index (χ1) is 69.1. The first-order valence-electron chi connectivity index (χ1n) is 48.6. The summed E-state index contributed by atoms with van der Waals surface area (Å²) in [7, 11) is 0. The number of hydrogen-bond donors (Lipinski definition) is 29. The number of aromatic hydroxyl groups is 1. The molecule has 2 saturated heterocycles. The highest BCUT2D eigenvalue weighted by Crippen LogP contribution is 2.24. The maximum absolute atomic E-state index is 15.5. The Morgan fingerprint density at radius 3 is 1.74 bits per heavy atom. The van der Waals surface area contributed by atoms with E-state index in [9.17, 15) is 102 Å². The Morgan fingerprint density at radius 1 is 0.562 bits per heavy atom. The van der Waals surface area contributed by atoms with Crippen LogP contribution in [0.4, 0.5) is 0 Å². The van der Waals surface area contributed by atoms with Gasteiger partial charge in [0.1, 0.15) is 102 Å². The highest BCUT2D eigenvalue weighted by Gasteiger charge is 2.44. The minimum absolute atomic E-state index is 0.0707. The second-order valence-corrected chi connectivity index (χ2v) is 37.6. The number of para-hydroxylation sites is 1. The molecule has 0 saturated carbocycles. The number of carboxylic acids is 1. The third-order valence-electron chi connectivity index (χ3n) is 24.4. The Balaban J connectivity index is 1.28. The number of benzene rings is 2. The maximum Gasteiger partial charge on any atom is 0.326 e. The van der Waals surface area contributed by atoms with E-state index in [0.29, 0.717) is 47.7 Å². The van der Waals surface area contributed by atoms with Crippen molar-refractivity contribution in [2.45, 2.75) is 275 Å². The van der Waals surface area contributed by atoms with Gasteiger partial charge in [0.15, 0.2) is 5.96 Å². The molecule has 2 aromatic carbocycles. The molecule has 4 heterocycles. The number of nitrogens with zero attached hydrogens (tertiary/aromatic N) is 2. The van der Waals surface area contributed by atoms with Gasteiger partial charge in [-0.05, 0) is 130 Å². The number of aromatic amines is 2. The number of imidazole rings is 1. The summed E-state index contributed by atoms with van der Waals surface area (Å²) in [4.78, 5) is 309. The van der Waals surface area contributed by atoms with Gasteiger partial charge in [0.05, 0.1) is 44.7 Å². The average molecular weight is 2050 g/mol. The number of aliphatic hydroxyl groups is 2. The average Bonchev–Trinajstić information content (AvgIpc) is 1.73. The molecule has 2 aliphatic heterocycles. The standard InChI is InChI=1S/C94H143N27O25/c1-11-50(10)77(91(143)111-60(20-14-15-31-95)92(144)121-33-17-22-68(121)93(145)146)120-90(142)76(49(8)9)119-85(137)65(38-70(97)126)114-87(139)67(44-123)116-82(134)64(37-53-40-100-45-105-53)106-73(129)42-104-88(140)74(47(4)5)117-84(136)63(36-52-39-102-56-19-13-12-18-55(52)56)113-80(132)59-28-30-71(127)103-41-72(128)107-66(43-122)86(138)110-58(27-29-69(96)125)79(131)112-61(34-46(2)3)83(135)118-75(48(6)7)89(141)115-62(35-51-23-25-54(124)26-24-51)81(133)108-57(78(130)109-59)21-16-32-101-94(98)99/h12-13,18-19,23-26,39-40,45-50,57-68,74-77,102,122-124H,11,14-17,20-22,27-38,41-44,95H2,1-10H3,(H2,96,125)(H2,97,126)(H,100,105)(H,103,127)(H,104,140)(H,106,129)(H,107,128)(H,108,133)(H,109,130)(H,110,138)(H,111,143)(H,112,131)(H,113,132)(H,114,139)(H,115,141)(H,116,134)(H,117,136)(H,118,135)(H,119,137)(H,120,142)(H,145,146)(H4,98,99,101)/t50-,57?,58-,59?,60-,61-,62-,63-,64-,65-,66?,67-,68-,74-,75?,76-,77-/m0/s1. The number of phenols is 1. The number of nitrogens with two attached hydrogens (primary N) is 4. The Hall–Kier alpha value is -15.0. The van der Waals surface area contributed by atoms with E-state index in [4.69, 9.17) is 28.3 Å². The van der Waals surface area contributed by atoms with Gasteiger partial charge in [-0.1, -0.05) is 106 Å². The van der Waals surface area contributed by atoms with Crippen LogP contribution < -0.4 is 119 Å². The van der Waals surface area contributed by atoms with Crippen molar-refractivity contribution < 1.29 is 121 Å². The number of phenolic OH excluding ortho intramolecular Hbond substituents is 1. The van der Waals surface area contributed by atoms with Crippen LogP contribution in [0.1, 0.15) is 176 Å². The second kappa shape index (κ2) is 59.3. The van der Waals surface area contributed by atoms with Crippen LogP contribution >= 0.6 is 0 Å². The van der Waals surface area contributed by atoms with E-state index in [-0.39, 0.29) is 75.5 Å². The Morgan fingerprint density at radius 2 is 1.14 bits per heavy atom. The second-order valence-electron chi connectivity index (χ2n) is 37.6. The molecule has 17 atom stereocenters. The van der Waals surface area contributed by atoms with Gasteiger partial charge in [-0.2, -0.15) is 0 Å². The fourth-order valence-electron chi connectivity index (χ4n) is 16.0. The summed E-state index contributed by atoms with van der Waals surface area (Å²) in [5.74, 6) is -26.3. The van der Waals surface area contributed by atoms with Gasteiger partial charge < -0.3 is 154 Å². The number of likely N-dealkylation sites (tertiary alicyclic amines) is 1. The summed E-state index contributed by atoms with van der Waals surface area (Å²) in [6, 6.07) is -13.9. The number of fused-ring (bicyclic) bond motifs is 1. The highest BCUT2D eigenvalue weighted by molar-refractivity contribution is 6.03. The van der Waals surface area contributed by atoms with E-state index >= 15 is 19.2 Å². The van der Waals surface area contributed by atoms with Crippen molar-refractivity contribution in [3.63, 3.8) is 0 Å². The van der Waals surface area contributed by atoms with Crippen LogP contribution in [0.3, 0.4) is 0 Å². The molecule has 146 heavy (non-hydrogen) atoms. The molecule has 2 aliphatic rings. The predicted octanol–water partition coefficient (Wildman–Crippen LogP) is -7.42. The molecule has 6 rings (SSSR count). The van der Waals surface area contributed by atoms with Gasteiger partial charge in [-0.3, -0.25) is 101 Å². The Kier molecular flexibility index (Phi) is 48.6. The highest BCUT2D eigenvalue weighted by atomic mass is 16.4. The van der Waals surface area contributed by atoms with E-state index < -0.39 is 322 Å². The molecule has 0 bridgehead atoms. The molecule has 2 fully saturated rings. The zero-order valence-corrected chi connectivity index (χ0v) is 83.5. The number of aliphatic carboxylic acids is 1. The number of carbonyl (C=O) groups is 21. The number of nitrogens with one attached hydrogen (secondary N) is 21. The first kappa shape index (κ1) is 120. The molecule has 0 radical (unpaired) electrons. The minimum atomic E-state index is -1.99. The molecule has 4 aromatic rings. The summed E-state index contributed by atoms with van der Waals surface area (Å²) in [5.41, 5.74) is 23.8. The van der Waals surface area contributed by atoms with Gasteiger partial charge in [0.2, 0.25) is 118 Å². The number of aliphatic hydroxyl groups excluding tert-OH is 2. The number of amides is 20. The number of H-pyrrole nitrogens is 2. The molecular formula is C94H143N27O25. The lowest BCUT2D eigenvalue weighted by atomic mass is 9.95. The van der Waals surface area contributed by atoms with Gasteiger partial charge in [-0.15, -0.1) is 0 Å².